The molecule has 55 heavy (non-hydrogen) atoms. The van der Waals surface area contributed by atoms with Crippen molar-refractivity contribution in [1.82, 2.24) is 0 Å². The van der Waals surface area contributed by atoms with E-state index < -0.39 is 6.10 Å². The van der Waals surface area contributed by atoms with Crippen molar-refractivity contribution >= 4 is 17.9 Å². The molecule has 0 heterocycles. The predicted molar refractivity (Wildman–Crippen MR) is 233 cm³/mol. The Labute approximate surface area is 342 Å². The number of hydrogen-bond acceptors (Lipinski definition) is 6. The Morgan fingerprint density at radius 1 is 0.345 bits per heavy atom. The number of carbonyl (C=O) groups excluding carboxylic acids is 3. The first-order valence-electron chi connectivity index (χ1n) is 24.4. The van der Waals surface area contributed by atoms with Gasteiger partial charge in [0.2, 0.25) is 0 Å². The van der Waals surface area contributed by atoms with Gasteiger partial charge in [-0.25, -0.2) is 0 Å². The molecular weight excluding hydrogens is 685 g/mol. The van der Waals surface area contributed by atoms with Crippen LogP contribution in [-0.2, 0) is 28.6 Å². The number of carbonyl (C=O) groups is 3. The van der Waals surface area contributed by atoms with Crippen LogP contribution in [0.2, 0.25) is 0 Å². The normalized spacial score (nSPS) is 11.9. The SMILES string of the molecule is CCCCCCCCCCCCCCCCCCCCC(=O)OC[C@H](COC(=O)CCCCCCCCCCCC)OC(=O)CCCCCCCCC(C)C. The third-order valence-corrected chi connectivity index (χ3v) is 11.0. The third kappa shape index (κ3) is 43.4. The van der Waals surface area contributed by atoms with Gasteiger partial charge in [-0.3, -0.25) is 14.4 Å². The molecule has 0 rings (SSSR count). The summed E-state index contributed by atoms with van der Waals surface area (Å²) in [4.78, 5) is 37.7. The molecule has 0 unspecified atom stereocenters. The highest BCUT2D eigenvalue weighted by atomic mass is 16.6. The number of ether oxygens (including phenoxy) is 3. The van der Waals surface area contributed by atoms with Crippen molar-refractivity contribution in [1.29, 1.82) is 0 Å². The van der Waals surface area contributed by atoms with E-state index in [0.717, 1.165) is 63.7 Å². The molecule has 0 aliphatic heterocycles. The summed E-state index contributed by atoms with van der Waals surface area (Å²) >= 11 is 0. The Morgan fingerprint density at radius 3 is 0.891 bits per heavy atom. The van der Waals surface area contributed by atoms with Gasteiger partial charge in [0.15, 0.2) is 6.10 Å². The van der Waals surface area contributed by atoms with E-state index in [2.05, 4.69) is 27.7 Å². The van der Waals surface area contributed by atoms with Crippen molar-refractivity contribution < 1.29 is 28.6 Å². The number of unbranched alkanes of at least 4 members (excludes halogenated alkanes) is 31. The molecule has 1 atom stereocenters. The summed E-state index contributed by atoms with van der Waals surface area (Å²) in [5.74, 6) is -0.0977. The molecule has 0 amide bonds. The summed E-state index contributed by atoms with van der Waals surface area (Å²) in [7, 11) is 0. The molecule has 0 radical (unpaired) electrons. The molecule has 0 aliphatic rings. The highest BCUT2D eigenvalue weighted by Gasteiger charge is 2.19. The molecule has 0 aromatic rings. The Bertz CT molecular complexity index is 826. The summed E-state index contributed by atoms with van der Waals surface area (Å²) < 4.78 is 16.7. The Kier molecular flexibility index (Phi) is 42.3. The zero-order chi connectivity index (χ0) is 40.3. The van der Waals surface area contributed by atoms with Gasteiger partial charge in [-0.1, -0.05) is 233 Å². The van der Waals surface area contributed by atoms with Gasteiger partial charge in [0.1, 0.15) is 13.2 Å². The van der Waals surface area contributed by atoms with Crippen molar-refractivity contribution in [2.45, 2.75) is 278 Å². The first kappa shape index (κ1) is 53.4. The fourth-order valence-electron chi connectivity index (χ4n) is 7.33. The molecule has 0 bridgehead atoms. The zero-order valence-electron chi connectivity index (χ0n) is 37.4. The number of hydrogen-bond donors (Lipinski definition) is 0. The van der Waals surface area contributed by atoms with Gasteiger partial charge >= 0.3 is 17.9 Å². The van der Waals surface area contributed by atoms with E-state index in [9.17, 15) is 14.4 Å². The van der Waals surface area contributed by atoms with Crippen molar-refractivity contribution in [3.8, 4) is 0 Å². The van der Waals surface area contributed by atoms with Crippen LogP contribution in [-0.4, -0.2) is 37.2 Å². The molecule has 0 fully saturated rings. The summed E-state index contributed by atoms with van der Waals surface area (Å²) in [6.45, 7) is 8.93. The van der Waals surface area contributed by atoms with Gasteiger partial charge in [-0.15, -0.1) is 0 Å². The molecule has 326 valence electrons. The van der Waals surface area contributed by atoms with Crippen LogP contribution < -0.4 is 0 Å². The first-order chi connectivity index (χ1) is 26.9. The van der Waals surface area contributed by atoms with Gasteiger partial charge < -0.3 is 14.2 Å². The van der Waals surface area contributed by atoms with Gasteiger partial charge in [-0.2, -0.15) is 0 Å². The smallest absolute Gasteiger partial charge is 0.306 e. The third-order valence-electron chi connectivity index (χ3n) is 11.0. The molecule has 0 aromatic carbocycles. The Balaban J connectivity index is 4.20. The van der Waals surface area contributed by atoms with Crippen molar-refractivity contribution in [3.05, 3.63) is 0 Å². The van der Waals surface area contributed by atoms with Crippen LogP contribution in [0.15, 0.2) is 0 Å². The van der Waals surface area contributed by atoms with E-state index in [1.807, 2.05) is 0 Å². The lowest BCUT2D eigenvalue weighted by atomic mass is 10.0. The van der Waals surface area contributed by atoms with Crippen molar-refractivity contribution in [2.24, 2.45) is 5.92 Å². The van der Waals surface area contributed by atoms with Gasteiger partial charge in [0.25, 0.3) is 0 Å². The van der Waals surface area contributed by atoms with E-state index in [-0.39, 0.29) is 31.1 Å². The molecule has 0 saturated heterocycles. The second-order valence-corrected chi connectivity index (χ2v) is 17.2. The molecule has 6 nitrogen and oxygen atoms in total. The summed E-state index contributed by atoms with van der Waals surface area (Å²) in [5, 5.41) is 0. The zero-order valence-corrected chi connectivity index (χ0v) is 37.4. The largest absolute Gasteiger partial charge is 0.462 e. The minimum absolute atomic E-state index is 0.0645. The van der Waals surface area contributed by atoms with Gasteiger partial charge in [-0.05, 0) is 25.2 Å². The van der Waals surface area contributed by atoms with E-state index in [1.54, 1.807) is 0 Å². The second kappa shape index (κ2) is 43.5. The van der Waals surface area contributed by atoms with Crippen LogP contribution in [0.1, 0.15) is 272 Å². The fourth-order valence-corrected chi connectivity index (χ4v) is 7.33. The van der Waals surface area contributed by atoms with Gasteiger partial charge in [0.05, 0.1) is 0 Å². The molecule has 6 heteroatoms. The minimum Gasteiger partial charge on any atom is -0.462 e. The average Bonchev–Trinajstić information content (AvgIpc) is 3.17. The Hall–Kier alpha value is -1.59. The second-order valence-electron chi connectivity index (χ2n) is 17.2. The van der Waals surface area contributed by atoms with Crippen molar-refractivity contribution in [3.63, 3.8) is 0 Å². The highest BCUT2D eigenvalue weighted by Crippen LogP contribution is 2.16. The van der Waals surface area contributed by atoms with E-state index >= 15 is 0 Å². The number of esters is 3. The van der Waals surface area contributed by atoms with Crippen LogP contribution in [0.3, 0.4) is 0 Å². The first-order valence-corrected chi connectivity index (χ1v) is 24.4. The van der Waals surface area contributed by atoms with Gasteiger partial charge in [0, 0.05) is 19.3 Å². The lowest BCUT2D eigenvalue weighted by Crippen LogP contribution is -2.30. The van der Waals surface area contributed by atoms with Crippen LogP contribution in [0.5, 0.6) is 0 Å². The average molecular weight is 779 g/mol. The van der Waals surface area contributed by atoms with Crippen molar-refractivity contribution in [2.75, 3.05) is 13.2 Å². The minimum atomic E-state index is -0.760. The summed E-state index contributed by atoms with van der Waals surface area (Å²) in [5.41, 5.74) is 0. The molecule has 0 aromatic heterocycles. The molecule has 0 aliphatic carbocycles. The molecule has 0 saturated carbocycles. The summed E-state index contributed by atoms with van der Waals surface area (Å²) in [6.07, 6.45) is 43.9. The lowest BCUT2D eigenvalue weighted by molar-refractivity contribution is -0.167. The Morgan fingerprint density at radius 2 is 0.600 bits per heavy atom. The lowest BCUT2D eigenvalue weighted by Gasteiger charge is -2.18. The quantitative estimate of drug-likeness (QED) is 0.0348. The van der Waals surface area contributed by atoms with E-state index in [4.69, 9.17) is 14.2 Å². The topological polar surface area (TPSA) is 78.9 Å². The van der Waals surface area contributed by atoms with E-state index in [0.29, 0.717) is 19.3 Å². The number of rotatable bonds is 44. The molecule has 0 N–H and O–H groups in total. The molecule has 0 spiro atoms. The maximum atomic E-state index is 12.7. The van der Waals surface area contributed by atoms with Crippen LogP contribution in [0, 0.1) is 5.92 Å². The van der Waals surface area contributed by atoms with Crippen LogP contribution in [0.4, 0.5) is 0 Å². The standard InChI is InChI=1S/C49H94O6/c1-5-7-9-11-13-15-17-18-19-20-21-22-23-24-26-28-33-37-41-48(51)54-44-46(55-49(52)42-38-34-30-29-31-35-39-45(3)4)43-53-47(50)40-36-32-27-25-16-14-12-10-8-6-2/h45-46H,5-44H2,1-4H3/t46-/m0/s1. The fraction of sp³-hybridized carbons (Fsp3) is 0.939. The van der Waals surface area contributed by atoms with E-state index in [1.165, 1.54) is 167 Å². The van der Waals surface area contributed by atoms with Crippen LogP contribution in [0.25, 0.3) is 0 Å². The van der Waals surface area contributed by atoms with Crippen LogP contribution >= 0.6 is 0 Å². The maximum Gasteiger partial charge on any atom is 0.306 e. The highest BCUT2D eigenvalue weighted by molar-refractivity contribution is 5.71. The predicted octanol–water partition coefficient (Wildman–Crippen LogP) is 15.5. The monoisotopic (exact) mass is 779 g/mol. The molecular formula is C49H94O6. The maximum absolute atomic E-state index is 12.7. The summed E-state index contributed by atoms with van der Waals surface area (Å²) in [6, 6.07) is 0.